The fourth-order valence-electron chi connectivity index (χ4n) is 2.19. The number of benzene rings is 1. The van der Waals surface area contributed by atoms with Crippen LogP contribution in [0.5, 0.6) is 0 Å². The predicted molar refractivity (Wildman–Crippen MR) is 81.3 cm³/mol. The molecule has 2 aromatic rings. The number of halogens is 1. The smallest absolute Gasteiger partial charge is 0.249 e. The van der Waals surface area contributed by atoms with Crippen LogP contribution in [0.25, 0.3) is 11.4 Å². The van der Waals surface area contributed by atoms with Crippen molar-refractivity contribution in [1.29, 1.82) is 0 Å². The number of amides is 1. The first kappa shape index (κ1) is 14.3. The summed E-state index contributed by atoms with van der Waals surface area (Å²) in [5.41, 5.74) is 0.880. The van der Waals surface area contributed by atoms with Gasteiger partial charge in [-0.05, 0) is 44.0 Å². The maximum absolute atomic E-state index is 11.9. The van der Waals surface area contributed by atoms with E-state index in [1.807, 2.05) is 31.2 Å². The van der Waals surface area contributed by atoms with Gasteiger partial charge in [-0.15, -0.1) is 0 Å². The van der Waals surface area contributed by atoms with Crippen molar-refractivity contribution >= 4 is 21.8 Å². The lowest BCUT2D eigenvalue weighted by molar-refractivity contribution is -0.128. The van der Waals surface area contributed by atoms with Crippen LogP contribution >= 0.6 is 15.9 Å². The molecule has 1 unspecified atom stereocenters. The van der Waals surface area contributed by atoms with Gasteiger partial charge < -0.3 is 9.84 Å². The van der Waals surface area contributed by atoms with Crippen LogP contribution in [0.15, 0.2) is 33.3 Å². The molecular formula is C15H16BrN3O2. The Balaban J connectivity index is 1.68. The van der Waals surface area contributed by atoms with E-state index in [0.29, 0.717) is 11.7 Å². The van der Waals surface area contributed by atoms with Crippen molar-refractivity contribution in [2.45, 2.75) is 32.2 Å². The predicted octanol–water partition coefficient (Wildman–Crippen LogP) is 3.48. The van der Waals surface area contributed by atoms with Crippen LogP contribution in [-0.2, 0) is 4.79 Å². The van der Waals surface area contributed by atoms with Gasteiger partial charge in [-0.3, -0.25) is 4.79 Å². The number of nitrogens with one attached hydrogen (secondary N) is 1. The van der Waals surface area contributed by atoms with Crippen molar-refractivity contribution < 1.29 is 9.32 Å². The third kappa shape index (κ3) is 3.15. The standard InChI is InChI=1S/C15H16BrN3O2/c1-9(17-14(20)11-3-2-4-11)15-18-13(19-21-15)10-5-7-12(16)8-6-10/h5-9,11H,2-4H2,1H3,(H,17,20). The van der Waals surface area contributed by atoms with E-state index in [4.69, 9.17) is 4.52 Å². The van der Waals surface area contributed by atoms with Crippen molar-refractivity contribution in [1.82, 2.24) is 15.5 Å². The first-order valence-corrected chi connectivity index (χ1v) is 7.82. The highest BCUT2D eigenvalue weighted by molar-refractivity contribution is 9.10. The maximum atomic E-state index is 11.9. The summed E-state index contributed by atoms with van der Waals surface area (Å²) in [5, 5.41) is 6.90. The van der Waals surface area contributed by atoms with E-state index in [2.05, 4.69) is 31.4 Å². The van der Waals surface area contributed by atoms with E-state index < -0.39 is 0 Å². The van der Waals surface area contributed by atoms with Crippen LogP contribution in [0, 0.1) is 5.92 Å². The minimum Gasteiger partial charge on any atom is -0.344 e. The Kier molecular flexibility index (Phi) is 4.05. The zero-order chi connectivity index (χ0) is 14.8. The topological polar surface area (TPSA) is 68.0 Å². The van der Waals surface area contributed by atoms with Crippen molar-refractivity contribution in [2.75, 3.05) is 0 Å². The highest BCUT2D eigenvalue weighted by Gasteiger charge is 2.27. The number of hydrogen-bond acceptors (Lipinski definition) is 4. The Morgan fingerprint density at radius 2 is 2.10 bits per heavy atom. The third-order valence-electron chi connectivity index (χ3n) is 3.75. The molecule has 0 saturated heterocycles. The quantitative estimate of drug-likeness (QED) is 0.917. The highest BCUT2D eigenvalue weighted by Crippen LogP contribution is 2.27. The summed E-state index contributed by atoms with van der Waals surface area (Å²) in [5.74, 6) is 1.20. The lowest BCUT2D eigenvalue weighted by Crippen LogP contribution is -2.36. The summed E-state index contributed by atoms with van der Waals surface area (Å²) in [6.07, 6.45) is 3.10. The number of carbonyl (C=O) groups is 1. The molecule has 1 fully saturated rings. The molecule has 6 heteroatoms. The Morgan fingerprint density at radius 1 is 1.38 bits per heavy atom. The second-order valence-electron chi connectivity index (χ2n) is 5.32. The van der Waals surface area contributed by atoms with E-state index in [1.165, 1.54) is 0 Å². The number of carbonyl (C=O) groups excluding carboxylic acids is 1. The number of aromatic nitrogens is 2. The van der Waals surface area contributed by atoms with Crippen LogP contribution in [-0.4, -0.2) is 16.0 Å². The molecule has 1 aromatic carbocycles. The normalized spacial score (nSPS) is 16.3. The van der Waals surface area contributed by atoms with E-state index >= 15 is 0 Å². The monoisotopic (exact) mass is 349 g/mol. The van der Waals surface area contributed by atoms with Crippen LogP contribution in [0.3, 0.4) is 0 Å². The molecule has 5 nitrogen and oxygen atoms in total. The van der Waals surface area contributed by atoms with Crippen LogP contribution < -0.4 is 5.32 Å². The lowest BCUT2D eigenvalue weighted by atomic mass is 9.84. The van der Waals surface area contributed by atoms with E-state index in [1.54, 1.807) is 0 Å². The average Bonchev–Trinajstić information content (AvgIpc) is 2.87. The zero-order valence-corrected chi connectivity index (χ0v) is 13.3. The highest BCUT2D eigenvalue weighted by atomic mass is 79.9. The summed E-state index contributed by atoms with van der Waals surface area (Å²) in [6.45, 7) is 1.86. The van der Waals surface area contributed by atoms with E-state index in [0.717, 1.165) is 29.3 Å². The zero-order valence-electron chi connectivity index (χ0n) is 11.7. The molecular weight excluding hydrogens is 334 g/mol. The summed E-state index contributed by atoms with van der Waals surface area (Å²) < 4.78 is 6.25. The molecule has 0 aliphatic heterocycles. The van der Waals surface area contributed by atoms with Crippen molar-refractivity contribution in [2.24, 2.45) is 5.92 Å². The molecule has 21 heavy (non-hydrogen) atoms. The Hall–Kier alpha value is -1.69. The minimum atomic E-state index is -0.269. The first-order valence-electron chi connectivity index (χ1n) is 7.03. The molecule has 1 atom stereocenters. The van der Waals surface area contributed by atoms with Gasteiger partial charge in [0.25, 0.3) is 0 Å². The maximum Gasteiger partial charge on any atom is 0.249 e. The number of nitrogens with zero attached hydrogens (tertiary/aromatic N) is 2. The minimum absolute atomic E-state index is 0.0807. The molecule has 0 radical (unpaired) electrons. The van der Waals surface area contributed by atoms with E-state index in [-0.39, 0.29) is 17.9 Å². The molecule has 110 valence electrons. The van der Waals surface area contributed by atoms with Gasteiger partial charge in [0.2, 0.25) is 17.6 Å². The Labute approximate surface area is 131 Å². The SMILES string of the molecule is CC(NC(=O)C1CCC1)c1nc(-c2ccc(Br)cc2)no1. The van der Waals surface area contributed by atoms with Gasteiger partial charge in [0.15, 0.2) is 0 Å². The van der Waals surface area contributed by atoms with Crippen LogP contribution in [0.2, 0.25) is 0 Å². The summed E-state index contributed by atoms with van der Waals surface area (Å²) in [4.78, 5) is 16.3. The molecule has 1 amide bonds. The molecule has 1 heterocycles. The summed E-state index contributed by atoms with van der Waals surface area (Å²) in [6, 6.07) is 7.40. The number of hydrogen-bond donors (Lipinski definition) is 1. The average molecular weight is 350 g/mol. The van der Waals surface area contributed by atoms with E-state index in [9.17, 15) is 4.79 Å². The third-order valence-corrected chi connectivity index (χ3v) is 4.28. The molecule has 1 N–H and O–H groups in total. The lowest BCUT2D eigenvalue weighted by Gasteiger charge is -2.25. The van der Waals surface area contributed by atoms with Gasteiger partial charge in [0, 0.05) is 16.0 Å². The van der Waals surface area contributed by atoms with Gasteiger partial charge in [-0.1, -0.05) is 27.5 Å². The van der Waals surface area contributed by atoms with Gasteiger partial charge in [0.1, 0.15) is 6.04 Å². The fraction of sp³-hybridized carbons (Fsp3) is 0.400. The Morgan fingerprint density at radius 3 is 2.71 bits per heavy atom. The first-order chi connectivity index (χ1) is 10.1. The molecule has 0 spiro atoms. The summed E-state index contributed by atoms with van der Waals surface area (Å²) in [7, 11) is 0. The second-order valence-corrected chi connectivity index (χ2v) is 6.24. The Bertz CT molecular complexity index is 635. The molecule has 3 rings (SSSR count). The second kappa shape index (κ2) is 5.97. The van der Waals surface area contributed by atoms with Crippen molar-refractivity contribution in [3.8, 4) is 11.4 Å². The molecule has 0 bridgehead atoms. The van der Waals surface area contributed by atoms with Crippen molar-refractivity contribution in [3.63, 3.8) is 0 Å². The summed E-state index contributed by atoms with van der Waals surface area (Å²) >= 11 is 3.39. The largest absolute Gasteiger partial charge is 0.344 e. The number of rotatable bonds is 4. The van der Waals surface area contributed by atoms with Gasteiger partial charge in [-0.25, -0.2) is 0 Å². The molecule has 1 aliphatic carbocycles. The molecule has 1 aromatic heterocycles. The van der Waals surface area contributed by atoms with Gasteiger partial charge in [0.05, 0.1) is 0 Å². The molecule has 1 aliphatic rings. The van der Waals surface area contributed by atoms with Gasteiger partial charge in [-0.2, -0.15) is 4.98 Å². The van der Waals surface area contributed by atoms with Crippen molar-refractivity contribution in [3.05, 3.63) is 34.6 Å². The van der Waals surface area contributed by atoms with Crippen LogP contribution in [0.4, 0.5) is 0 Å². The molecule has 1 saturated carbocycles. The fourth-order valence-corrected chi connectivity index (χ4v) is 2.46. The van der Waals surface area contributed by atoms with Gasteiger partial charge >= 0.3 is 0 Å². The van der Waals surface area contributed by atoms with Crippen LogP contribution in [0.1, 0.15) is 38.1 Å².